The van der Waals surface area contributed by atoms with E-state index in [1.165, 1.54) is 12.1 Å². The predicted molar refractivity (Wildman–Crippen MR) is 61.9 cm³/mol. The van der Waals surface area contributed by atoms with Crippen molar-refractivity contribution in [1.29, 1.82) is 0 Å². The summed E-state index contributed by atoms with van der Waals surface area (Å²) < 4.78 is 48.3. The van der Waals surface area contributed by atoms with E-state index in [0.29, 0.717) is 5.56 Å². The summed E-state index contributed by atoms with van der Waals surface area (Å²) >= 11 is 0. The van der Waals surface area contributed by atoms with Gasteiger partial charge >= 0.3 is 12.1 Å². The van der Waals surface area contributed by atoms with E-state index in [4.69, 9.17) is 14.6 Å². The first-order chi connectivity index (χ1) is 9.21. The summed E-state index contributed by atoms with van der Waals surface area (Å²) in [6.07, 6.45) is -5.22. The highest BCUT2D eigenvalue weighted by atomic mass is 19.4. The molecule has 2 atom stereocenters. The fourth-order valence-electron chi connectivity index (χ4n) is 2.05. The number of benzene rings is 1. The van der Waals surface area contributed by atoms with Crippen molar-refractivity contribution in [2.75, 3.05) is 6.61 Å². The average molecular weight is 290 g/mol. The van der Waals surface area contributed by atoms with Crippen LogP contribution in [0.2, 0.25) is 0 Å². The van der Waals surface area contributed by atoms with Gasteiger partial charge in [-0.15, -0.1) is 0 Å². The normalized spacial score (nSPS) is 26.7. The van der Waals surface area contributed by atoms with Crippen molar-refractivity contribution in [3.8, 4) is 0 Å². The highest BCUT2D eigenvalue weighted by molar-refractivity contribution is 5.67. The Balaban J connectivity index is 2.13. The van der Waals surface area contributed by atoms with Gasteiger partial charge in [0.2, 0.25) is 0 Å². The standard InChI is InChI=1S/C13H13F3O4/c1-12(19-7-10(20-12)6-11(17)18)8-2-4-9(5-3-8)13(14,15)16/h2-5,10H,6-7H2,1H3,(H,17,18). The first kappa shape index (κ1) is 14.8. The molecular formula is C13H13F3O4. The minimum atomic E-state index is -4.40. The summed E-state index contributed by atoms with van der Waals surface area (Å²) in [5.41, 5.74) is -0.344. The third-order valence-electron chi connectivity index (χ3n) is 3.08. The van der Waals surface area contributed by atoms with Gasteiger partial charge in [-0.2, -0.15) is 13.2 Å². The van der Waals surface area contributed by atoms with E-state index in [-0.39, 0.29) is 13.0 Å². The Morgan fingerprint density at radius 1 is 1.40 bits per heavy atom. The first-order valence-corrected chi connectivity index (χ1v) is 5.92. The lowest BCUT2D eigenvalue weighted by Gasteiger charge is -2.24. The van der Waals surface area contributed by atoms with Gasteiger partial charge in [0.15, 0.2) is 5.79 Å². The monoisotopic (exact) mass is 290 g/mol. The highest BCUT2D eigenvalue weighted by Gasteiger charge is 2.40. The number of alkyl halides is 3. The highest BCUT2D eigenvalue weighted by Crippen LogP contribution is 2.36. The summed E-state index contributed by atoms with van der Waals surface area (Å²) in [5.74, 6) is -2.24. The minimum absolute atomic E-state index is 0.0871. The van der Waals surface area contributed by atoms with E-state index >= 15 is 0 Å². The van der Waals surface area contributed by atoms with Crippen molar-refractivity contribution >= 4 is 5.97 Å². The van der Waals surface area contributed by atoms with E-state index in [1.54, 1.807) is 6.92 Å². The maximum Gasteiger partial charge on any atom is 0.416 e. The van der Waals surface area contributed by atoms with Crippen molar-refractivity contribution in [3.05, 3.63) is 35.4 Å². The molecule has 4 nitrogen and oxygen atoms in total. The third kappa shape index (κ3) is 3.10. The molecule has 0 amide bonds. The van der Waals surface area contributed by atoms with Crippen LogP contribution in [0.1, 0.15) is 24.5 Å². The zero-order chi connectivity index (χ0) is 15.0. The van der Waals surface area contributed by atoms with Gasteiger partial charge in [0.05, 0.1) is 24.7 Å². The molecule has 0 saturated carbocycles. The van der Waals surface area contributed by atoms with E-state index in [9.17, 15) is 18.0 Å². The molecule has 2 rings (SSSR count). The van der Waals surface area contributed by atoms with Crippen LogP contribution in [0.25, 0.3) is 0 Å². The van der Waals surface area contributed by atoms with Gasteiger partial charge in [0, 0.05) is 5.56 Å². The average Bonchev–Trinajstić information content (AvgIpc) is 2.70. The van der Waals surface area contributed by atoms with E-state index in [2.05, 4.69) is 0 Å². The van der Waals surface area contributed by atoms with E-state index in [1.807, 2.05) is 0 Å². The Morgan fingerprint density at radius 3 is 2.50 bits per heavy atom. The topological polar surface area (TPSA) is 55.8 Å². The minimum Gasteiger partial charge on any atom is -0.481 e. The van der Waals surface area contributed by atoms with Crippen LogP contribution in [-0.2, 0) is 26.2 Å². The third-order valence-corrected chi connectivity index (χ3v) is 3.08. The molecule has 0 aliphatic carbocycles. The van der Waals surface area contributed by atoms with Gasteiger partial charge in [-0.3, -0.25) is 4.79 Å². The van der Waals surface area contributed by atoms with Crippen molar-refractivity contribution in [1.82, 2.24) is 0 Å². The second kappa shape index (κ2) is 5.06. The van der Waals surface area contributed by atoms with E-state index in [0.717, 1.165) is 12.1 Å². The van der Waals surface area contributed by atoms with Gasteiger partial charge in [0.1, 0.15) is 0 Å². The fraction of sp³-hybridized carbons (Fsp3) is 0.462. The molecular weight excluding hydrogens is 277 g/mol. The molecule has 0 radical (unpaired) electrons. The zero-order valence-electron chi connectivity index (χ0n) is 10.6. The van der Waals surface area contributed by atoms with Crippen LogP contribution in [-0.4, -0.2) is 23.8 Å². The number of carbonyl (C=O) groups is 1. The summed E-state index contributed by atoms with van der Waals surface area (Å²) in [4.78, 5) is 10.6. The summed E-state index contributed by atoms with van der Waals surface area (Å²) in [5, 5.41) is 8.68. The molecule has 7 heteroatoms. The van der Waals surface area contributed by atoms with E-state index < -0.39 is 29.6 Å². The predicted octanol–water partition coefficient (Wildman–Crippen LogP) is 2.77. The Kier molecular flexibility index (Phi) is 3.75. The summed E-state index contributed by atoms with van der Waals surface area (Å²) in [6.45, 7) is 1.64. The molecule has 0 spiro atoms. The Hall–Kier alpha value is -1.60. The molecule has 20 heavy (non-hydrogen) atoms. The number of aliphatic carboxylic acids is 1. The largest absolute Gasteiger partial charge is 0.481 e. The van der Waals surface area contributed by atoms with Crippen LogP contribution < -0.4 is 0 Å². The van der Waals surface area contributed by atoms with Gasteiger partial charge in [-0.25, -0.2) is 0 Å². The first-order valence-electron chi connectivity index (χ1n) is 5.92. The van der Waals surface area contributed by atoms with Crippen molar-refractivity contribution in [2.45, 2.75) is 31.4 Å². The lowest BCUT2D eigenvalue weighted by molar-refractivity contribution is -0.166. The quantitative estimate of drug-likeness (QED) is 0.930. The Bertz CT molecular complexity index is 497. The molecule has 2 unspecified atom stereocenters. The number of ether oxygens (including phenoxy) is 2. The Labute approximate surface area is 113 Å². The number of carboxylic acids is 1. The van der Waals surface area contributed by atoms with Crippen LogP contribution in [0.15, 0.2) is 24.3 Å². The molecule has 0 aromatic heterocycles. The molecule has 1 aliphatic rings. The number of hydrogen-bond donors (Lipinski definition) is 1. The molecule has 1 aliphatic heterocycles. The summed E-state index contributed by atoms with van der Waals surface area (Å²) in [6, 6.07) is 4.42. The summed E-state index contributed by atoms with van der Waals surface area (Å²) in [7, 11) is 0. The molecule has 1 heterocycles. The maximum atomic E-state index is 12.5. The van der Waals surface area contributed by atoms with Crippen LogP contribution in [0.3, 0.4) is 0 Å². The fourth-order valence-corrected chi connectivity index (χ4v) is 2.05. The van der Waals surface area contributed by atoms with Crippen molar-refractivity contribution in [2.24, 2.45) is 0 Å². The number of hydrogen-bond acceptors (Lipinski definition) is 3. The van der Waals surface area contributed by atoms with Gasteiger partial charge < -0.3 is 14.6 Å². The van der Waals surface area contributed by atoms with Crippen molar-refractivity contribution < 1.29 is 32.5 Å². The lowest BCUT2D eigenvalue weighted by Crippen LogP contribution is -2.25. The van der Waals surface area contributed by atoms with Crippen molar-refractivity contribution in [3.63, 3.8) is 0 Å². The number of halogens is 3. The molecule has 1 saturated heterocycles. The zero-order valence-corrected chi connectivity index (χ0v) is 10.6. The second-order valence-corrected chi connectivity index (χ2v) is 4.67. The van der Waals surface area contributed by atoms with Crippen LogP contribution in [0, 0.1) is 0 Å². The molecule has 1 fully saturated rings. The van der Waals surface area contributed by atoms with Crippen LogP contribution in [0.4, 0.5) is 13.2 Å². The smallest absolute Gasteiger partial charge is 0.416 e. The lowest BCUT2D eigenvalue weighted by atomic mass is 10.1. The van der Waals surface area contributed by atoms with Crippen LogP contribution in [0.5, 0.6) is 0 Å². The Morgan fingerprint density at radius 2 is 2.00 bits per heavy atom. The number of rotatable bonds is 3. The molecule has 1 aromatic carbocycles. The van der Waals surface area contributed by atoms with Crippen LogP contribution >= 0.6 is 0 Å². The SMILES string of the molecule is CC1(c2ccc(C(F)(F)F)cc2)OCC(CC(=O)O)O1. The van der Waals surface area contributed by atoms with Gasteiger partial charge in [0.25, 0.3) is 0 Å². The number of carboxylic acid groups (broad SMARTS) is 1. The second-order valence-electron chi connectivity index (χ2n) is 4.67. The van der Waals surface area contributed by atoms with Gasteiger partial charge in [-0.05, 0) is 19.1 Å². The molecule has 110 valence electrons. The maximum absolute atomic E-state index is 12.5. The molecule has 0 bridgehead atoms. The molecule has 1 aromatic rings. The van der Waals surface area contributed by atoms with Gasteiger partial charge in [-0.1, -0.05) is 12.1 Å². The molecule has 1 N–H and O–H groups in total.